The van der Waals surface area contributed by atoms with Gasteiger partial charge in [-0.1, -0.05) is 35.9 Å². The number of aromatic carboxylic acids is 1. The Balaban J connectivity index is 2.42. The van der Waals surface area contributed by atoms with Crippen LogP contribution in [0.3, 0.4) is 0 Å². The number of carbonyl (C=O) groups is 2. The minimum atomic E-state index is -1.40. The van der Waals surface area contributed by atoms with Gasteiger partial charge in [0.2, 0.25) is 5.76 Å². The number of aromatic hydroxyl groups is 1. The van der Waals surface area contributed by atoms with Crippen LogP contribution in [-0.2, 0) is 4.79 Å². The highest BCUT2D eigenvalue weighted by atomic mass is 35.5. The van der Waals surface area contributed by atoms with Crippen LogP contribution >= 0.6 is 11.6 Å². The van der Waals surface area contributed by atoms with E-state index >= 15 is 0 Å². The zero-order valence-electron chi connectivity index (χ0n) is 11.6. The largest absolute Gasteiger partial charge is 0.504 e. The van der Waals surface area contributed by atoms with E-state index in [0.717, 1.165) is 0 Å². The monoisotopic (exact) mass is 334 g/mol. The lowest BCUT2D eigenvalue weighted by atomic mass is 10.2. The maximum Gasteiger partial charge on any atom is 0.371 e. The van der Waals surface area contributed by atoms with Gasteiger partial charge < -0.3 is 20.1 Å². The van der Waals surface area contributed by atoms with Gasteiger partial charge in [-0.25, -0.2) is 9.59 Å². The molecule has 0 amide bonds. The third-order valence-corrected chi connectivity index (χ3v) is 3.20. The molecule has 0 aliphatic rings. The molecule has 0 aliphatic heterocycles. The van der Waals surface area contributed by atoms with E-state index in [1.54, 1.807) is 24.3 Å². The molecule has 118 valence electrons. The van der Waals surface area contributed by atoms with Crippen molar-refractivity contribution in [2.75, 3.05) is 0 Å². The molecule has 0 saturated heterocycles. The fraction of sp³-hybridized carbons (Fsp3) is 0. The molecule has 2 aromatic carbocycles. The van der Waals surface area contributed by atoms with Crippen LogP contribution in [0.15, 0.2) is 48.2 Å². The predicted molar refractivity (Wildman–Crippen MR) is 82.8 cm³/mol. The first kappa shape index (κ1) is 16.4. The molecule has 0 heterocycles. The fourth-order valence-corrected chi connectivity index (χ4v) is 1.95. The summed E-state index contributed by atoms with van der Waals surface area (Å²) in [5, 5.41) is 28.3. The van der Waals surface area contributed by atoms with E-state index in [1.807, 2.05) is 0 Å². The maximum atomic E-state index is 11.3. The van der Waals surface area contributed by atoms with Gasteiger partial charge in [0.1, 0.15) is 5.56 Å². The molecule has 0 bridgehead atoms. The number of aliphatic carboxylic acids is 1. The Hall–Kier alpha value is -2.99. The summed E-state index contributed by atoms with van der Waals surface area (Å²) in [6.07, 6.45) is 1.18. The molecule has 7 heteroatoms. The number of para-hydroxylation sites is 1. The minimum absolute atomic E-state index is 0.286. The molecule has 0 radical (unpaired) electrons. The van der Waals surface area contributed by atoms with Crippen molar-refractivity contribution in [3.8, 4) is 11.5 Å². The summed E-state index contributed by atoms with van der Waals surface area (Å²) >= 11 is 5.95. The highest BCUT2D eigenvalue weighted by molar-refractivity contribution is 6.32. The van der Waals surface area contributed by atoms with Crippen LogP contribution < -0.4 is 4.74 Å². The first-order chi connectivity index (χ1) is 10.9. The Morgan fingerprint density at radius 3 is 2.35 bits per heavy atom. The number of rotatable bonds is 5. The van der Waals surface area contributed by atoms with Crippen molar-refractivity contribution in [2.24, 2.45) is 0 Å². The number of benzene rings is 2. The number of halogens is 1. The maximum absolute atomic E-state index is 11.3. The average molecular weight is 335 g/mol. The number of phenols is 1. The summed E-state index contributed by atoms with van der Waals surface area (Å²) in [7, 11) is 0. The van der Waals surface area contributed by atoms with Crippen molar-refractivity contribution in [1.29, 1.82) is 0 Å². The van der Waals surface area contributed by atoms with E-state index in [2.05, 4.69) is 0 Å². The van der Waals surface area contributed by atoms with Gasteiger partial charge >= 0.3 is 11.9 Å². The first-order valence-corrected chi connectivity index (χ1v) is 6.70. The average Bonchev–Trinajstić information content (AvgIpc) is 2.50. The lowest BCUT2D eigenvalue weighted by molar-refractivity contribution is -0.134. The molecule has 0 aromatic heterocycles. The highest BCUT2D eigenvalue weighted by Crippen LogP contribution is 2.31. The molecule has 3 N–H and O–H groups in total. The van der Waals surface area contributed by atoms with Crippen molar-refractivity contribution >= 4 is 29.6 Å². The molecule has 0 spiro atoms. The standard InChI is InChI=1S/C16H11ClO6/c17-11-6-2-1-4-9(11)8-13(16(21)22)23-12-7-3-5-10(14(12)18)15(19)20/h1-8,18H,(H,19,20)(H,21,22)/b13-8-. The summed E-state index contributed by atoms with van der Waals surface area (Å²) in [5.74, 6) is -4.22. The lowest BCUT2D eigenvalue weighted by Gasteiger charge is -2.10. The normalized spacial score (nSPS) is 11.1. The van der Waals surface area contributed by atoms with Crippen LogP contribution in [0.4, 0.5) is 0 Å². The molecule has 0 aliphatic carbocycles. The van der Waals surface area contributed by atoms with Crippen LogP contribution in [0.1, 0.15) is 15.9 Å². The molecule has 0 saturated carbocycles. The zero-order chi connectivity index (χ0) is 17.0. The van der Waals surface area contributed by atoms with Crippen LogP contribution in [0, 0.1) is 0 Å². The van der Waals surface area contributed by atoms with Crippen LogP contribution in [0.25, 0.3) is 6.08 Å². The second-order valence-electron chi connectivity index (χ2n) is 4.39. The number of carboxylic acid groups (broad SMARTS) is 2. The van der Waals surface area contributed by atoms with Gasteiger partial charge in [0, 0.05) is 5.02 Å². The van der Waals surface area contributed by atoms with Crippen LogP contribution in [-0.4, -0.2) is 27.3 Å². The van der Waals surface area contributed by atoms with Crippen molar-refractivity contribution in [1.82, 2.24) is 0 Å². The predicted octanol–water partition coefficient (Wildman–Crippen LogP) is 3.25. The molecule has 2 rings (SSSR count). The van der Waals surface area contributed by atoms with E-state index in [1.165, 1.54) is 24.3 Å². The Bertz CT molecular complexity index is 797. The van der Waals surface area contributed by atoms with E-state index in [-0.39, 0.29) is 5.75 Å². The van der Waals surface area contributed by atoms with Gasteiger partial charge in [0.25, 0.3) is 0 Å². The number of hydrogen-bond acceptors (Lipinski definition) is 4. The van der Waals surface area contributed by atoms with E-state index in [4.69, 9.17) is 21.4 Å². The first-order valence-electron chi connectivity index (χ1n) is 6.33. The van der Waals surface area contributed by atoms with Crippen molar-refractivity contribution in [3.05, 3.63) is 64.4 Å². The van der Waals surface area contributed by atoms with E-state index < -0.39 is 29.0 Å². The molecular formula is C16H11ClO6. The lowest BCUT2D eigenvalue weighted by Crippen LogP contribution is -2.08. The zero-order valence-corrected chi connectivity index (χ0v) is 12.3. The van der Waals surface area contributed by atoms with Gasteiger partial charge in [0.05, 0.1) is 0 Å². The minimum Gasteiger partial charge on any atom is -0.504 e. The smallest absolute Gasteiger partial charge is 0.371 e. The summed E-state index contributed by atoms with van der Waals surface area (Å²) in [6, 6.07) is 10.3. The Kier molecular flexibility index (Phi) is 4.88. The highest BCUT2D eigenvalue weighted by Gasteiger charge is 2.18. The van der Waals surface area contributed by atoms with Crippen molar-refractivity contribution in [3.63, 3.8) is 0 Å². The van der Waals surface area contributed by atoms with Crippen molar-refractivity contribution in [2.45, 2.75) is 0 Å². The molecule has 23 heavy (non-hydrogen) atoms. The summed E-state index contributed by atoms with van der Waals surface area (Å²) in [5.41, 5.74) is 0.00503. The third kappa shape index (κ3) is 3.81. The summed E-state index contributed by atoms with van der Waals surface area (Å²) in [6.45, 7) is 0. The molecule has 0 unspecified atom stereocenters. The van der Waals surface area contributed by atoms with Crippen molar-refractivity contribution < 1.29 is 29.6 Å². The molecule has 0 atom stereocenters. The third-order valence-electron chi connectivity index (χ3n) is 2.85. The van der Waals surface area contributed by atoms with Gasteiger partial charge in [-0.15, -0.1) is 0 Å². The number of hydrogen-bond donors (Lipinski definition) is 3. The summed E-state index contributed by atoms with van der Waals surface area (Å²) in [4.78, 5) is 22.3. The quantitative estimate of drug-likeness (QED) is 0.572. The van der Waals surface area contributed by atoms with Gasteiger partial charge in [-0.05, 0) is 29.8 Å². The molecule has 2 aromatic rings. The molecular weight excluding hydrogens is 324 g/mol. The van der Waals surface area contributed by atoms with Crippen LogP contribution in [0.5, 0.6) is 11.5 Å². The Labute approximate surface area is 135 Å². The van der Waals surface area contributed by atoms with Gasteiger partial charge in [-0.2, -0.15) is 0 Å². The van der Waals surface area contributed by atoms with Gasteiger partial charge in [-0.3, -0.25) is 0 Å². The van der Waals surface area contributed by atoms with Crippen LogP contribution in [0.2, 0.25) is 5.02 Å². The fourth-order valence-electron chi connectivity index (χ4n) is 1.76. The molecule has 0 fully saturated rings. The summed E-state index contributed by atoms with van der Waals surface area (Å²) < 4.78 is 5.15. The second kappa shape index (κ2) is 6.85. The molecule has 6 nitrogen and oxygen atoms in total. The SMILES string of the molecule is O=C(O)/C(=C/c1ccccc1Cl)Oc1cccc(C(=O)O)c1O. The Morgan fingerprint density at radius 2 is 1.74 bits per heavy atom. The Morgan fingerprint density at radius 1 is 1.04 bits per heavy atom. The second-order valence-corrected chi connectivity index (χ2v) is 4.80. The van der Waals surface area contributed by atoms with Gasteiger partial charge in [0.15, 0.2) is 11.5 Å². The van der Waals surface area contributed by atoms with E-state index in [9.17, 15) is 19.8 Å². The number of ether oxygens (including phenoxy) is 1. The number of carboxylic acids is 2. The topological polar surface area (TPSA) is 104 Å². The van der Waals surface area contributed by atoms with E-state index in [0.29, 0.717) is 10.6 Å².